The summed E-state index contributed by atoms with van der Waals surface area (Å²) in [5.74, 6) is 0.678. The van der Waals surface area contributed by atoms with Gasteiger partial charge in [-0.25, -0.2) is 0 Å². The normalized spacial score (nSPS) is 24.6. The summed E-state index contributed by atoms with van der Waals surface area (Å²) in [5.41, 5.74) is 3.19. The molecule has 1 saturated heterocycles. The van der Waals surface area contributed by atoms with Gasteiger partial charge >= 0.3 is 0 Å². The van der Waals surface area contributed by atoms with Crippen molar-refractivity contribution in [3.05, 3.63) is 35.4 Å². The van der Waals surface area contributed by atoms with Crippen LogP contribution in [0.4, 0.5) is 0 Å². The molecule has 0 N–H and O–H groups in total. The Kier molecular flexibility index (Phi) is 6.27. The minimum absolute atomic E-state index is 0.282. The molecule has 2 nitrogen and oxygen atoms in total. The molecule has 0 unspecified atom stereocenters. The quantitative estimate of drug-likeness (QED) is 0.756. The average molecular weight is 318 g/mol. The summed E-state index contributed by atoms with van der Waals surface area (Å²) in [4.78, 5) is 2.57. The Bertz CT molecular complexity index is 469. The Morgan fingerprint density at radius 1 is 1.13 bits per heavy atom. The summed E-state index contributed by atoms with van der Waals surface area (Å²) >= 11 is 0. The second kappa shape index (κ2) is 7.81. The molecule has 0 aromatic heterocycles. The zero-order valence-corrected chi connectivity index (χ0v) is 15.9. The van der Waals surface area contributed by atoms with Crippen LogP contribution in [0.15, 0.2) is 24.3 Å². The summed E-state index contributed by atoms with van der Waals surface area (Å²) in [5, 5.41) is 0. The highest BCUT2D eigenvalue weighted by atomic mass is 16.5. The van der Waals surface area contributed by atoms with Crippen molar-refractivity contribution >= 4 is 0 Å². The van der Waals surface area contributed by atoms with Gasteiger partial charge in [0.1, 0.15) is 0 Å². The average Bonchev–Trinajstić information content (AvgIpc) is 2.46. The van der Waals surface area contributed by atoms with E-state index in [1.54, 1.807) is 0 Å². The SMILES string of the molecule is CCC(C)(C)c1ccc(C[C@H](C)CN2C[C@H](C)O[C@@H](C)C2)cc1. The van der Waals surface area contributed by atoms with E-state index >= 15 is 0 Å². The van der Waals surface area contributed by atoms with Gasteiger partial charge in [-0.05, 0) is 49.1 Å². The van der Waals surface area contributed by atoms with Crippen molar-refractivity contribution in [3.63, 3.8) is 0 Å². The van der Waals surface area contributed by atoms with Crippen molar-refractivity contribution in [2.75, 3.05) is 19.6 Å². The molecule has 0 radical (unpaired) electrons. The molecule has 0 bridgehead atoms. The second-order valence-corrected chi connectivity index (χ2v) is 8.22. The van der Waals surface area contributed by atoms with E-state index in [-0.39, 0.29) is 5.41 Å². The highest BCUT2D eigenvalue weighted by Gasteiger charge is 2.23. The molecule has 23 heavy (non-hydrogen) atoms. The standard InChI is InChI=1S/C21H35NO/c1-7-21(5,6)20-10-8-19(9-11-20)12-16(2)13-22-14-17(3)23-18(4)15-22/h8-11,16-18H,7,12-15H2,1-6H3/t16-,17-,18-/m0/s1. The third-order valence-corrected chi connectivity index (χ3v) is 5.27. The third kappa shape index (κ3) is 5.32. The first kappa shape index (κ1) is 18.5. The molecular weight excluding hydrogens is 282 g/mol. The van der Waals surface area contributed by atoms with Crippen LogP contribution >= 0.6 is 0 Å². The van der Waals surface area contributed by atoms with Gasteiger partial charge in [-0.2, -0.15) is 0 Å². The van der Waals surface area contributed by atoms with Gasteiger partial charge in [0, 0.05) is 19.6 Å². The lowest BCUT2D eigenvalue weighted by atomic mass is 9.82. The first-order valence-corrected chi connectivity index (χ1v) is 9.27. The number of morpholine rings is 1. The molecule has 2 heteroatoms. The maximum atomic E-state index is 5.83. The summed E-state index contributed by atoms with van der Waals surface area (Å²) in [6.45, 7) is 17.0. The fraction of sp³-hybridized carbons (Fsp3) is 0.714. The lowest BCUT2D eigenvalue weighted by Crippen LogP contribution is -2.47. The lowest BCUT2D eigenvalue weighted by molar-refractivity contribution is -0.0708. The molecule has 1 aliphatic rings. The van der Waals surface area contributed by atoms with Crippen LogP contribution in [0.2, 0.25) is 0 Å². The predicted octanol–water partition coefficient (Wildman–Crippen LogP) is 4.66. The van der Waals surface area contributed by atoms with Crippen molar-refractivity contribution in [2.45, 2.75) is 72.0 Å². The van der Waals surface area contributed by atoms with Gasteiger partial charge in [-0.3, -0.25) is 4.90 Å². The van der Waals surface area contributed by atoms with Gasteiger partial charge in [0.25, 0.3) is 0 Å². The van der Waals surface area contributed by atoms with Crippen LogP contribution < -0.4 is 0 Å². The summed E-state index contributed by atoms with van der Waals surface area (Å²) in [7, 11) is 0. The van der Waals surface area contributed by atoms with Gasteiger partial charge in [-0.1, -0.05) is 52.0 Å². The number of hydrogen-bond donors (Lipinski definition) is 0. The molecule has 0 saturated carbocycles. The van der Waals surface area contributed by atoms with Crippen molar-refractivity contribution in [3.8, 4) is 0 Å². The number of rotatable bonds is 6. The van der Waals surface area contributed by atoms with E-state index in [2.05, 4.69) is 70.7 Å². The van der Waals surface area contributed by atoms with Crippen molar-refractivity contribution in [2.24, 2.45) is 5.92 Å². The van der Waals surface area contributed by atoms with Gasteiger partial charge in [0.05, 0.1) is 12.2 Å². The summed E-state index contributed by atoms with van der Waals surface area (Å²) < 4.78 is 5.83. The first-order valence-electron chi connectivity index (χ1n) is 9.27. The van der Waals surface area contributed by atoms with E-state index in [9.17, 15) is 0 Å². The Morgan fingerprint density at radius 3 is 2.22 bits per heavy atom. The topological polar surface area (TPSA) is 12.5 Å². The predicted molar refractivity (Wildman–Crippen MR) is 99.1 cm³/mol. The van der Waals surface area contributed by atoms with Crippen molar-refractivity contribution < 1.29 is 4.74 Å². The zero-order valence-electron chi connectivity index (χ0n) is 15.9. The second-order valence-electron chi connectivity index (χ2n) is 8.22. The van der Waals surface area contributed by atoms with E-state index in [4.69, 9.17) is 4.74 Å². The summed E-state index contributed by atoms with van der Waals surface area (Å²) in [6.07, 6.45) is 3.06. The smallest absolute Gasteiger partial charge is 0.0678 e. The lowest BCUT2D eigenvalue weighted by Gasteiger charge is -2.36. The van der Waals surface area contributed by atoms with Gasteiger partial charge in [0.15, 0.2) is 0 Å². The van der Waals surface area contributed by atoms with Crippen LogP contribution in [0.25, 0.3) is 0 Å². The monoisotopic (exact) mass is 317 g/mol. The maximum absolute atomic E-state index is 5.83. The third-order valence-electron chi connectivity index (χ3n) is 5.27. The Labute approximate surface area is 143 Å². The van der Waals surface area contributed by atoms with E-state index in [1.807, 2.05) is 0 Å². The van der Waals surface area contributed by atoms with E-state index in [0.717, 1.165) is 19.5 Å². The molecule has 0 aliphatic carbocycles. The molecule has 0 amide bonds. The van der Waals surface area contributed by atoms with Gasteiger partial charge < -0.3 is 4.74 Å². The van der Waals surface area contributed by atoms with Gasteiger partial charge in [-0.15, -0.1) is 0 Å². The van der Waals surface area contributed by atoms with Gasteiger partial charge in [0.2, 0.25) is 0 Å². The Balaban J connectivity index is 1.89. The van der Waals surface area contributed by atoms with Crippen molar-refractivity contribution in [1.82, 2.24) is 4.90 Å². The molecule has 0 spiro atoms. The molecule has 1 aromatic rings. The number of nitrogens with zero attached hydrogens (tertiary/aromatic N) is 1. The largest absolute Gasteiger partial charge is 0.373 e. The minimum atomic E-state index is 0.282. The molecule has 1 aliphatic heterocycles. The molecule has 1 heterocycles. The maximum Gasteiger partial charge on any atom is 0.0678 e. The van der Waals surface area contributed by atoms with E-state index in [1.165, 1.54) is 24.1 Å². The Morgan fingerprint density at radius 2 is 1.70 bits per heavy atom. The van der Waals surface area contributed by atoms with Crippen molar-refractivity contribution in [1.29, 1.82) is 0 Å². The molecule has 2 rings (SSSR count). The van der Waals surface area contributed by atoms with Crippen LogP contribution in [0.3, 0.4) is 0 Å². The fourth-order valence-electron chi connectivity index (χ4n) is 3.64. The molecular formula is C21H35NO. The fourth-order valence-corrected chi connectivity index (χ4v) is 3.64. The highest BCUT2D eigenvalue weighted by Crippen LogP contribution is 2.27. The molecule has 1 fully saturated rings. The molecule has 3 atom stereocenters. The Hall–Kier alpha value is -0.860. The molecule has 1 aromatic carbocycles. The highest BCUT2D eigenvalue weighted by molar-refractivity contribution is 5.28. The van der Waals surface area contributed by atoms with E-state index in [0.29, 0.717) is 18.1 Å². The van der Waals surface area contributed by atoms with E-state index < -0.39 is 0 Å². The zero-order chi connectivity index (χ0) is 17.0. The number of hydrogen-bond acceptors (Lipinski definition) is 2. The first-order chi connectivity index (χ1) is 10.8. The van der Waals surface area contributed by atoms with Crippen LogP contribution in [0.5, 0.6) is 0 Å². The number of ether oxygens (including phenoxy) is 1. The number of benzene rings is 1. The van der Waals surface area contributed by atoms with Crippen LogP contribution in [0.1, 0.15) is 59.1 Å². The minimum Gasteiger partial charge on any atom is -0.373 e. The molecule has 130 valence electrons. The summed E-state index contributed by atoms with van der Waals surface area (Å²) in [6, 6.07) is 9.30. The van der Waals surface area contributed by atoms with Crippen LogP contribution in [-0.4, -0.2) is 36.7 Å². The van der Waals surface area contributed by atoms with Crippen LogP contribution in [0, 0.1) is 5.92 Å². The van der Waals surface area contributed by atoms with Crippen LogP contribution in [-0.2, 0) is 16.6 Å².